The van der Waals surface area contributed by atoms with E-state index < -0.39 is 0 Å². The number of aryl methyl sites for hydroxylation is 2. The first-order chi connectivity index (χ1) is 7.75. The highest BCUT2D eigenvalue weighted by Gasteiger charge is 1.96. The first kappa shape index (κ1) is 10.7. The topological polar surface area (TPSA) is 29.9 Å². The second kappa shape index (κ2) is 4.84. The van der Waals surface area contributed by atoms with E-state index in [2.05, 4.69) is 48.7 Å². The molecule has 3 nitrogen and oxygen atoms in total. The molecule has 0 spiro atoms. The molecule has 16 heavy (non-hydrogen) atoms. The average molecular weight is 215 g/mol. The third-order valence-electron chi connectivity index (χ3n) is 2.56. The Morgan fingerprint density at radius 3 is 2.75 bits per heavy atom. The van der Waals surface area contributed by atoms with Gasteiger partial charge in [0.1, 0.15) is 0 Å². The molecule has 1 N–H and O–H groups in total. The van der Waals surface area contributed by atoms with Crippen LogP contribution in [-0.2, 0) is 6.54 Å². The van der Waals surface area contributed by atoms with Gasteiger partial charge in [0, 0.05) is 18.4 Å². The van der Waals surface area contributed by atoms with E-state index >= 15 is 0 Å². The zero-order chi connectivity index (χ0) is 11.4. The van der Waals surface area contributed by atoms with E-state index in [-0.39, 0.29) is 0 Å². The predicted octanol–water partition coefficient (Wildman–Crippen LogP) is 2.61. The van der Waals surface area contributed by atoms with Crippen molar-refractivity contribution in [1.82, 2.24) is 9.78 Å². The van der Waals surface area contributed by atoms with Gasteiger partial charge in [0.25, 0.3) is 0 Å². The van der Waals surface area contributed by atoms with Crippen LogP contribution in [0.25, 0.3) is 0 Å². The molecule has 2 rings (SSSR count). The molecule has 0 saturated carbocycles. The first-order valence-electron chi connectivity index (χ1n) is 5.54. The Morgan fingerprint density at radius 2 is 2.06 bits per heavy atom. The Bertz CT molecular complexity index is 460. The molecule has 0 saturated heterocycles. The minimum Gasteiger partial charge on any atom is -0.383 e. The van der Waals surface area contributed by atoms with Crippen molar-refractivity contribution in [3.63, 3.8) is 0 Å². The van der Waals surface area contributed by atoms with Crippen molar-refractivity contribution in [2.75, 3.05) is 11.9 Å². The molecule has 84 valence electrons. The lowest BCUT2D eigenvalue weighted by atomic mass is 10.2. The van der Waals surface area contributed by atoms with Gasteiger partial charge in [-0.25, -0.2) is 0 Å². The minimum absolute atomic E-state index is 0.891. The van der Waals surface area contributed by atoms with Gasteiger partial charge in [-0.3, -0.25) is 4.68 Å². The highest BCUT2D eigenvalue weighted by Crippen LogP contribution is 2.12. The molecule has 1 aromatic heterocycles. The Hall–Kier alpha value is -1.77. The van der Waals surface area contributed by atoms with E-state index in [9.17, 15) is 0 Å². The van der Waals surface area contributed by atoms with Crippen molar-refractivity contribution in [3.8, 4) is 0 Å². The summed E-state index contributed by atoms with van der Waals surface area (Å²) in [6, 6.07) is 8.31. The third-order valence-corrected chi connectivity index (χ3v) is 2.56. The quantitative estimate of drug-likeness (QED) is 0.849. The Morgan fingerprint density at radius 1 is 1.25 bits per heavy atom. The summed E-state index contributed by atoms with van der Waals surface area (Å²) in [5, 5.41) is 7.66. The van der Waals surface area contributed by atoms with Crippen LogP contribution in [0.2, 0.25) is 0 Å². The fourth-order valence-corrected chi connectivity index (χ4v) is 1.67. The summed E-state index contributed by atoms with van der Waals surface area (Å²) >= 11 is 0. The molecule has 0 radical (unpaired) electrons. The van der Waals surface area contributed by atoms with Crippen molar-refractivity contribution in [1.29, 1.82) is 0 Å². The summed E-state index contributed by atoms with van der Waals surface area (Å²) in [6.07, 6.45) is 3.94. The summed E-state index contributed by atoms with van der Waals surface area (Å²) in [7, 11) is 0. The maximum Gasteiger partial charge on any atom is 0.0582 e. The highest BCUT2D eigenvalue weighted by atomic mass is 15.3. The van der Waals surface area contributed by atoms with Crippen molar-refractivity contribution in [2.45, 2.75) is 20.4 Å². The second-order valence-corrected chi connectivity index (χ2v) is 4.02. The monoisotopic (exact) mass is 215 g/mol. The number of hydrogen-bond donors (Lipinski definition) is 1. The lowest BCUT2D eigenvalue weighted by molar-refractivity contribution is 0.637. The van der Waals surface area contributed by atoms with Gasteiger partial charge in [-0.15, -0.1) is 0 Å². The van der Waals surface area contributed by atoms with E-state index in [0.717, 1.165) is 13.1 Å². The van der Waals surface area contributed by atoms with E-state index in [1.165, 1.54) is 16.8 Å². The molecule has 0 fully saturated rings. The van der Waals surface area contributed by atoms with Crippen molar-refractivity contribution in [3.05, 3.63) is 47.8 Å². The van der Waals surface area contributed by atoms with E-state index in [1.807, 2.05) is 16.9 Å². The molecule has 2 aromatic rings. The van der Waals surface area contributed by atoms with E-state index in [0.29, 0.717) is 0 Å². The zero-order valence-electron chi connectivity index (χ0n) is 9.77. The molecule has 0 aliphatic carbocycles. The van der Waals surface area contributed by atoms with Crippen LogP contribution >= 0.6 is 0 Å². The number of benzene rings is 1. The van der Waals surface area contributed by atoms with Crippen molar-refractivity contribution in [2.24, 2.45) is 0 Å². The van der Waals surface area contributed by atoms with Crippen LogP contribution < -0.4 is 5.32 Å². The number of aromatic nitrogens is 2. The van der Waals surface area contributed by atoms with Gasteiger partial charge in [0.15, 0.2) is 0 Å². The van der Waals surface area contributed by atoms with Gasteiger partial charge in [-0.2, -0.15) is 5.10 Å². The molecule has 0 amide bonds. The maximum atomic E-state index is 4.25. The molecule has 3 heteroatoms. The SMILES string of the molecule is Cc1cnn(CCNc2ccccc2C)c1. The summed E-state index contributed by atoms with van der Waals surface area (Å²) in [4.78, 5) is 0. The molecular weight excluding hydrogens is 198 g/mol. The van der Waals surface area contributed by atoms with Gasteiger partial charge in [0.2, 0.25) is 0 Å². The summed E-state index contributed by atoms with van der Waals surface area (Å²) in [5.41, 5.74) is 3.68. The van der Waals surface area contributed by atoms with Crippen molar-refractivity contribution >= 4 is 5.69 Å². The Labute approximate surface area is 96.1 Å². The summed E-state index contributed by atoms with van der Waals surface area (Å²) in [5.74, 6) is 0. The molecule has 0 unspecified atom stereocenters. The number of nitrogens with one attached hydrogen (secondary N) is 1. The number of nitrogens with zero attached hydrogens (tertiary/aromatic N) is 2. The van der Waals surface area contributed by atoms with Gasteiger partial charge >= 0.3 is 0 Å². The molecule has 0 bridgehead atoms. The van der Waals surface area contributed by atoms with E-state index in [1.54, 1.807) is 0 Å². The lowest BCUT2D eigenvalue weighted by Crippen LogP contribution is -2.11. The van der Waals surface area contributed by atoms with Crippen LogP contribution in [0.15, 0.2) is 36.7 Å². The molecule has 0 atom stereocenters. The third kappa shape index (κ3) is 2.63. The summed E-state index contributed by atoms with van der Waals surface area (Å²) in [6.45, 7) is 5.95. The smallest absolute Gasteiger partial charge is 0.0582 e. The Kier molecular flexibility index (Phi) is 3.25. The number of para-hydroxylation sites is 1. The Balaban J connectivity index is 1.87. The molecule has 0 aliphatic heterocycles. The van der Waals surface area contributed by atoms with Gasteiger partial charge in [0.05, 0.1) is 12.7 Å². The number of rotatable bonds is 4. The maximum absolute atomic E-state index is 4.25. The van der Waals surface area contributed by atoms with Crippen LogP contribution in [0.1, 0.15) is 11.1 Å². The standard InChI is InChI=1S/C13H17N3/c1-11-9-15-16(10-11)8-7-14-13-6-4-3-5-12(13)2/h3-6,9-10,14H,7-8H2,1-2H3. The molecule has 0 aliphatic rings. The van der Waals surface area contributed by atoms with Gasteiger partial charge < -0.3 is 5.32 Å². The van der Waals surface area contributed by atoms with Crippen LogP contribution in [0, 0.1) is 13.8 Å². The number of anilines is 1. The average Bonchev–Trinajstić information content (AvgIpc) is 2.67. The normalized spacial score (nSPS) is 10.4. The fraction of sp³-hybridized carbons (Fsp3) is 0.308. The largest absolute Gasteiger partial charge is 0.383 e. The zero-order valence-corrected chi connectivity index (χ0v) is 9.77. The first-order valence-corrected chi connectivity index (χ1v) is 5.54. The molecule has 1 heterocycles. The molecule has 1 aromatic carbocycles. The lowest BCUT2D eigenvalue weighted by Gasteiger charge is -2.08. The van der Waals surface area contributed by atoms with Gasteiger partial charge in [-0.05, 0) is 31.0 Å². The number of hydrogen-bond acceptors (Lipinski definition) is 2. The second-order valence-electron chi connectivity index (χ2n) is 4.02. The van der Waals surface area contributed by atoms with Crippen LogP contribution in [0.4, 0.5) is 5.69 Å². The van der Waals surface area contributed by atoms with E-state index in [4.69, 9.17) is 0 Å². The minimum atomic E-state index is 0.891. The van der Waals surface area contributed by atoms with Crippen LogP contribution in [0.5, 0.6) is 0 Å². The van der Waals surface area contributed by atoms with Gasteiger partial charge in [-0.1, -0.05) is 18.2 Å². The summed E-state index contributed by atoms with van der Waals surface area (Å²) < 4.78 is 1.96. The fourth-order valence-electron chi connectivity index (χ4n) is 1.67. The highest BCUT2D eigenvalue weighted by molar-refractivity contribution is 5.49. The molecular formula is C13H17N3. The van der Waals surface area contributed by atoms with Crippen LogP contribution in [0.3, 0.4) is 0 Å². The predicted molar refractivity (Wildman–Crippen MR) is 66.6 cm³/mol. The van der Waals surface area contributed by atoms with Crippen molar-refractivity contribution < 1.29 is 0 Å². The van der Waals surface area contributed by atoms with Crippen LogP contribution in [-0.4, -0.2) is 16.3 Å².